The van der Waals surface area contributed by atoms with Crippen molar-refractivity contribution in [3.05, 3.63) is 30.1 Å². The standard InChI is InChI=1S/C8H12NO4P/c1-12-14(11,13-2)8(10)7-4-3-5-9-6-7/h3-6,8,10H,1-2H3/t8-/m0/s1. The zero-order valence-electron chi connectivity index (χ0n) is 7.95. The fourth-order valence-electron chi connectivity index (χ4n) is 0.986. The highest BCUT2D eigenvalue weighted by Crippen LogP contribution is 2.58. The second kappa shape index (κ2) is 4.66. The van der Waals surface area contributed by atoms with Crippen LogP contribution in [0.2, 0.25) is 0 Å². The number of pyridine rings is 1. The quantitative estimate of drug-likeness (QED) is 0.775. The summed E-state index contributed by atoms with van der Waals surface area (Å²) < 4.78 is 21.0. The predicted octanol–water partition coefficient (Wildman–Crippen LogP) is 1.56. The molecular formula is C8H12NO4P. The van der Waals surface area contributed by atoms with Crippen LogP contribution in [0.3, 0.4) is 0 Å². The molecule has 0 bridgehead atoms. The molecule has 14 heavy (non-hydrogen) atoms. The first-order chi connectivity index (χ1) is 6.64. The van der Waals surface area contributed by atoms with E-state index in [1.807, 2.05) is 0 Å². The van der Waals surface area contributed by atoms with E-state index in [2.05, 4.69) is 14.0 Å². The van der Waals surface area contributed by atoms with Gasteiger partial charge in [0.25, 0.3) is 0 Å². The molecule has 1 atom stereocenters. The number of hydrogen-bond acceptors (Lipinski definition) is 5. The molecule has 1 heterocycles. The van der Waals surface area contributed by atoms with E-state index in [9.17, 15) is 9.67 Å². The molecule has 5 nitrogen and oxygen atoms in total. The van der Waals surface area contributed by atoms with Crippen molar-refractivity contribution in [2.24, 2.45) is 0 Å². The second-order valence-corrected chi connectivity index (χ2v) is 4.86. The Morgan fingerprint density at radius 2 is 2.14 bits per heavy atom. The third-order valence-electron chi connectivity index (χ3n) is 1.79. The van der Waals surface area contributed by atoms with E-state index in [4.69, 9.17) is 0 Å². The van der Waals surface area contributed by atoms with Crippen molar-refractivity contribution in [2.75, 3.05) is 14.2 Å². The average molecular weight is 217 g/mol. The minimum Gasteiger partial charge on any atom is -0.376 e. The van der Waals surface area contributed by atoms with Gasteiger partial charge >= 0.3 is 7.60 Å². The molecule has 1 aromatic heterocycles. The maximum absolute atomic E-state index is 11.7. The lowest BCUT2D eigenvalue weighted by Crippen LogP contribution is -2.02. The first-order valence-corrected chi connectivity index (χ1v) is 5.54. The predicted molar refractivity (Wildman–Crippen MR) is 50.8 cm³/mol. The van der Waals surface area contributed by atoms with Gasteiger partial charge in [-0.3, -0.25) is 9.55 Å². The molecule has 0 spiro atoms. The largest absolute Gasteiger partial charge is 0.376 e. The SMILES string of the molecule is COP(=O)(OC)[C@H](O)c1cccnc1. The summed E-state index contributed by atoms with van der Waals surface area (Å²) in [6.45, 7) is 0. The smallest absolute Gasteiger partial charge is 0.362 e. The molecule has 1 aromatic rings. The molecule has 0 aliphatic carbocycles. The van der Waals surface area contributed by atoms with E-state index in [1.165, 1.54) is 20.4 Å². The summed E-state index contributed by atoms with van der Waals surface area (Å²) in [6, 6.07) is 3.23. The number of nitrogens with zero attached hydrogens (tertiary/aromatic N) is 1. The third-order valence-corrected chi connectivity index (χ3v) is 3.71. The van der Waals surface area contributed by atoms with Crippen molar-refractivity contribution < 1.29 is 18.7 Å². The highest BCUT2D eigenvalue weighted by atomic mass is 31.2. The van der Waals surface area contributed by atoms with Gasteiger partial charge in [-0.15, -0.1) is 0 Å². The van der Waals surface area contributed by atoms with Crippen LogP contribution in [0.1, 0.15) is 11.4 Å². The molecule has 0 fully saturated rings. The van der Waals surface area contributed by atoms with Crippen LogP contribution in [0.5, 0.6) is 0 Å². The summed E-state index contributed by atoms with van der Waals surface area (Å²) in [5.41, 5.74) is 0.402. The van der Waals surface area contributed by atoms with Crippen LogP contribution >= 0.6 is 7.60 Å². The van der Waals surface area contributed by atoms with Crippen molar-refractivity contribution >= 4 is 7.60 Å². The highest BCUT2D eigenvalue weighted by molar-refractivity contribution is 7.53. The van der Waals surface area contributed by atoms with Crippen LogP contribution < -0.4 is 0 Å². The Hall–Kier alpha value is -0.740. The van der Waals surface area contributed by atoms with Gasteiger partial charge in [0.05, 0.1) is 0 Å². The average Bonchev–Trinajstić information content (AvgIpc) is 2.28. The molecule has 78 valence electrons. The first kappa shape index (κ1) is 11.3. The van der Waals surface area contributed by atoms with E-state index >= 15 is 0 Å². The summed E-state index contributed by atoms with van der Waals surface area (Å²) in [4.78, 5) is 3.80. The van der Waals surface area contributed by atoms with Gasteiger partial charge in [-0.2, -0.15) is 0 Å². The molecule has 6 heteroatoms. The van der Waals surface area contributed by atoms with Gasteiger partial charge in [0.2, 0.25) is 0 Å². The van der Waals surface area contributed by atoms with E-state index in [1.54, 1.807) is 18.3 Å². The van der Waals surface area contributed by atoms with Crippen LogP contribution in [-0.2, 0) is 13.6 Å². The van der Waals surface area contributed by atoms with Crippen LogP contribution in [0.25, 0.3) is 0 Å². The topological polar surface area (TPSA) is 68.7 Å². The molecule has 0 radical (unpaired) electrons. The van der Waals surface area contributed by atoms with Gasteiger partial charge in [0, 0.05) is 32.2 Å². The second-order valence-electron chi connectivity index (χ2n) is 2.57. The molecule has 0 saturated carbocycles. The van der Waals surface area contributed by atoms with E-state index < -0.39 is 13.4 Å². The zero-order chi connectivity index (χ0) is 10.6. The van der Waals surface area contributed by atoms with Gasteiger partial charge in [-0.1, -0.05) is 6.07 Å². The number of rotatable bonds is 4. The Balaban J connectivity index is 2.95. The molecule has 1 rings (SSSR count). The monoisotopic (exact) mass is 217 g/mol. The Kier molecular flexibility index (Phi) is 3.77. The minimum absolute atomic E-state index is 0.402. The van der Waals surface area contributed by atoms with Gasteiger partial charge in [-0.25, -0.2) is 0 Å². The number of aliphatic hydroxyl groups excluding tert-OH is 1. The van der Waals surface area contributed by atoms with Crippen LogP contribution in [-0.4, -0.2) is 24.3 Å². The Morgan fingerprint density at radius 1 is 1.50 bits per heavy atom. The number of aliphatic hydroxyl groups is 1. The van der Waals surface area contributed by atoms with Crippen LogP contribution in [0, 0.1) is 0 Å². The fraction of sp³-hybridized carbons (Fsp3) is 0.375. The van der Waals surface area contributed by atoms with Crippen molar-refractivity contribution in [1.29, 1.82) is 0 Å². The normalized spacial score (nSPS) is 13.9. The Labute approximate surface area is 82.2 Å². The van der Waals surface area contributed by atoms with Crippen molar-refractivity contribution in [3.8, 4) is 0 Å². The third kappa shape index (κ3) is 2.19. The lowest BCUT2D eigenvalue weighted by atomic mass is 10.3. The summed E-state index contributed by atoms with van der Waals surface area (Å²) in [5, 5.41) is 9.69. The number of hydrogen-bond donors (Lipinski definition) is 1. The van der Waals surface area contributed by atoms with Crippen molar-refractivity contribution in [1.82, 2.24) is 4.98 Å². The van der Waals surface area contributed by atoms with Crippen LogP contribution in [0.4, 0.5) is 0 Å². The zero-order valence-corrected chi connectivity index (χ0v) is 8.85. The fourth-order valence-corrected chi connectivity index (χ4v) is 2.05. The van der Waals surface area contributed by atoms with Gasteiger partial charge < -0.3 is 14.2 Å². The molecule has 0 aromatic carbocycles. The highest BCUT2D eigenvalue weighted by Gasteiger charge is 2.33. The van der Waals surface area contributed by atoms with Gasteiger partial charge in [-0.05, 0) is 6.07 Å². The summed E-state index contributed by atoms with van der Waals surface area (Å²) in [6.07, 6.45) is 2.97. The van der Waals surface area contributed by atoms with Crippen LogP contribution in [0.15, 0.2) is 24.5 Å². The maximum atomic E-state index is 11.7. The van der Waals surface area contributed by atoms with E-state index in [-0.39, 0.29) is 0 Å². The van der Waals surface area contributed by atoms with Crippen molar-refractivity contribution in [3.63, 3.8) is 0 Å². The van der Waals surface area contributed by atoms with Gasteiger partial charge in [0.15, 0.2) is 5.85 Å². The molecule has 0 amide bonds. The molecule has 0 unspecified atom stereocenters. The Bertz CT molecular complexity index is 321. The molecule has 0 aliphatic heterocycles. The van der Waals surface area contributed by atoms with E-state index in [0.29, 0.717) is 5.56 Å². The first-order valence-electron chi connectivity index (χ1n) is 3.93. The Morgan fingerprint density at radius 3 is 2.57 bits per heavy atom. The van der Waals surface area contributed by atoms with Crippen molar-refractivity contribution in [2.45, 2.75) is 5.85 Å². The molecular weight excluding hydrogens is 205 g/mol. The van der Waals surface area contributed by atoms with Gasteiger partial charge in [0.1, 0.15) is 0 Å². The molecule has 0 aliphatic rings. The lowest BCUT2D eigenvalue weighted by molar-refractivity contribution is 0.176. The molecule has 0 saturated heterocycles. The number of aromatic nitrogens is 1. The summed E-state index contributed by atoms with van der Waals surface area (Å²) >= 11 is 0. The van der Waals surface area contributed by atoms with E-state index in [0.717, 1.165) is 0 Å². The lowest BCUT2D eigenvalue weighted by Gasteiger charge is -2.19. The minimum atomic E-state index is -3.48. The summed E-state index contributed by atoms with van der Waals surface area (Å²) in [5.74, 6) is -1.30. The summed E-state index contributed by atoms with van der Waals surface area (Å²) in [7, 11) is -1.03. The molecule has 1 N–H and O–H groups in total. The maximum Gasteiger partial charge on any atom is 0.362 e.